The summed E-state index contributed by atoms with van der Waals surface area (Å²) in [6.07, 6.45) is 0.476. The number of hydrogen-bond acceptors (Lipinski definition) is 4. The first-order valence-corrected chi connectivity index (χ1v) is 11.8. The van der Waals surface area contributed by atoms with E-state index in [0.717, 1.165) is 5.56 Å². The number of anilines is 1. The fourth-order valence-electron chi connectivity index (χ4n) is 3.16. The standard InChI is InChI=1S/C24H25ClN2O4S/c1-26(21-9-6-10-22(17-21)31-2)24(28)18-27(16-15-19-7-4-3-5-8-19)32(29,30)23-13-11-20(25)12-14-23/h3-14,17H,15-16,18H2,1-2H3. The largest absolute Gasteiger partial charge is 0.497 e. The summed E-state index contributed by atoms with van der Waals surface area (Å²) in [6.45, 7) is -0.141. The van der Waals surface area contributed by atoms with Crippen LogP contribution in [0.25, 0.3) is 0 Å². The summed E-state index contributed by atoms with van der Waals surface area (Å²) >= 11 is 5.92. The van der Waals surface area contributed by atoms with Crippen molar-refractivity contribution in [2.24, 2.45) is 0 Å². The quantitative estimate of drug-likeness (QED) is 0.467. The number of likely N-dealkylation sites (N-methyl/N-ethyl adjacent to an activating group) is 1. The highest BCUT2D eigenvalue weighted by atomic mass is 35.5. The van der Waals surface area contributed by atoms with Gasteiger partial charge in [0.1, 0.15) is 5.75 Å². The van der Waals surface area contributed by atoms with Gasteiger partial charge in [-0.3, -0.25) is 4.79 Å². The van der Waals surface area contributed by atoms with E-state index in [1.807, 2.05) is 30.3 Å². The zero-order valence-electron chi connectivity index (χ0n) is 17.9. The van der Waals surface area contributed by atoms with Crippen LogP contribution >= 0.6 is 11.6 Å². The second-order valence-electron chi connectivity index (χ2n) is 7.18. The van der Waals surface area contributed by atoms with Gasteiger partial charge in [-0.25, -0.2) is 8.42 Å². The first-order chi connectivity index (χ1) is 15.3. The summed E-state index contributed by atoms with van der Waals surface area (Å²) < 4.78 is 33.1. The fourth-order valence-corrected chi connectivity index (χ4v) is 4.67. The number of nitrogens with zero attached hydrogens (tertiary/aromatic N) is 2. The normalized spacial score (nSPS) is 11.4. The molecule has 0 aromatic heterocycles. The zero-order chi connectivity index (χ0) is 23.1. The summed E-state index contributed by atoms with van der Waals surface area (Å²) in [7, 11) is -0.750. The Kier molecular flexibility index (Phi) is 7.90. The van der Waals surface area contributed by atoms with E-state index in [-0.39, 0.29) is 23.9 Å². The van der Waals surface area contributed by atoms with E-state index in [2.05, 4.69) is 0 Å². The van der Waals surface area contributed by atoms with Crippen LogP contribution in [0.1, 0.15) is 5.56 Å². The second-order valence-corrected chi connectivity index (χ2v) is 9.56. The Balaban J connectivity index is 1.85. The van der Waals surface area contributed by atoms with Crippen molar-refractivity contribution in [3.05, 3.63) is 89.4 Å². The molecule has 1 amide bonds. The van der Waals surface area contributed by atoms with Crippen LogP contribution in [-0.4, -0.2) is 45.9 Å². The number of rotatable bonds is 9. The van der Waals surface area contributed by atoms with Crippen LogP contribution in [0, 0.1) is 0 Å². The molecule has 0 saturated heterocycles. The number of carbonyl (C=O) groups is 1. The highest BCUT2D eigenvalue weighted by Gasteiger charge is 2.28. The molecular formula is C24H25ClN2O4S. The summed E-state index contributed by atoms with van der Waals surface area (Å²) in [6, 6.07) is 22.5. The second kappa shape index (κ2) is 10.6. The summed E-state index contributed by atoms with van der Waals surface area (Å²) in [5.74, 6) is 0.251. The molecule has 0 spiro atoms. The first kappa shape index (κ1) is 23.8. The lowest BCUT2D eigenvalue weighted by Gasteiger charge is -2.25. The number of amides is 1. The van der Waals surface area contributed by atoms with Gasteiger partial charge in [-0.1, -0.05) is 48.0 Å². The minimum absolute atomic E-state index is 0.0896. The summed E-state index contributed by atoms with van der Waals surface area (Å²) in [4.78, 5) is 14.6. The van der Waals surface area contributed by atoms with Crippen LogP contribution < -0.4 is 9.64 Å². The van der Waals surface area contributed by atoms with Gasteiger partial charge in [0.2, 0.25) is 15.9 Å². The molecule has 32 heavy (non-hydrogen) atoms. The average molecular weight is 473 g/mol. The van der Waals surface area contributed by atoms with Crippen molar-refractivity contribution in [1.29, 1.82) is 0 Å². The molecule has 0 N–H and O–H groups in total. The summed E-state index contributed by atoms with van der Waals surface area (Å²) in [5.41, 5.74) is 1.60. The molecule has 3 aromatic carbocycles. The van der Waals surface area contributed by atoms with Gasteiger partial charge in [-0.15, -0.1) is 0 Å². The molecule has 0 heterocycles. The maximum Gasteiger partial charge on any atom is 0.243 e. The van der Waals surface area contributed by atoms with E-state index >= 15 is 0 Å². The fraction of sp³-hybridized carbons (Fsp3) is 0.208. The van der Waals surface area contributed by atoms with Gasteiger partial charge in [0, 0.05) is 30.4 Å². The predicted octanol–water partition coefficient (Wildman–Crippen LogP) is 4.25. The molecule has 6 nitrogen and oxygen atoms in total. The molecule has 3 aromatic rings. The van der Waals surface area contributed by atoms with Crippen LogP contribution in [0.5, 0.6) is 5.75 Å². The van der Waals surface area contributed by atoms with Crippen LogP contribution in [0.4, 0.5) is 5.69 Å². The molecule has 0 bridgehead atoms. The Bertz CT molecular complexity index is 1150. The number of carbonyl (C=O) groups excluding carboxylic acids is 1. The maximum absolute atomic E-state index is 13.4. The van der Waals surface area contributed by atoms with Gasteiger partial charge in [0.15, 0.2) is 0 Å². The lowest BCUT2D eigenvalue weighted by atomic mass is 10.1. The topological polar surface area (TPSA) is 66.9 Å². The Labute approximate surface area is 194 Å². The Morgan fingerprint density at radius 1 is 0.969 bits per heavy atom. The number of methoxy groups -OCH3 is 1. The monoisotopic (exact) mass is 472 g/mol. The van der Waals surface area contributed by atoms with Crippen molar-refractivity contribution < 1.29 is 17.9 Å². The summed E-state index contributed by atoms with van der Waals surface area (Å²) in [5, 5.41) is 0.439. The predicted molar refractivity (Wildman–Crippen MR) is 127 cm³/mol. The smallest absolute Gasteiger partial charge is 0.243 e. The number of halogens is 1. The molecule has 0 fully saturated rings. The Morgan fingerprint density at radius 2 is 1.66 bits per heavy atom. The Morgan fingerprint density at radius 3 is 2.31 bits per heavy atom. The van der Waals surface area contributed by atoms with Crippen LogP contribution in [0.2, 0.25) is 5.02 Å². The SMILES string of the molecule is COc1cccc(N(C)C(=O)CN(CCc2ccccc2)S(=O)(=O)c2ccc(Cl)cc2)c1. The molecule has 168 valence electrons. The van der Waals surface area contributed by atoms with E-state index in [1.165, 1.54) is 33.5 Å². The van der Waals surface area contributed by atoms with E-state index in [1.54, 1.807) is 38.4 Å². The highest BCUT2D eigenvalue weighted by molar-refractivity contribution is 7.89. The average Bonchev–Trinajstić information content (AvgIpc) is 2.82. The lowest BCUT2D eigenvalue weighted by molar-refractivity contribution is -0.118. The van der Waals surface area contributed by atoms with E-state index in [4.69, 9.17) is 16.3 Å². The lowest BCUT2D eigenvalue weighted by Crippen LogP contribution is -2.42. The minimum atomic E-state index is -3.91. The van der Waals surface area contributed by atoms with Crippen LogP contribution in [0.15, 0.2) is 83.8 Å². The molecule has 0 saturated carbocycles. The molecule has 0 unspecified atom stereocenters. The molecular weight excluding hydrogens is 448 g/mol. The van der Waals surface area contributed by atoms with E-state index in [9.17, 15) is 13.2 Å². The van der Waals surface area contributed by atoms with Crippen molar-refractivity contribution in [3.63, 3.8) is 0 Å². The molecule has 8 heteroatoms. The third-order valence-electron chi connectivity index (χ3n) is 5.07. The van der Waals surface area contributed by atoms with Crippen molar-refractivity contribution in [1.82, 2.24) is 4.31 Å². The third kappa shape index (κ3) is 5.88. The van der Waals surface area contributed by atoms with Crippen molar-refractivity contribution >= 4 is 33.2 Å². The van der Waals surface area contributed by atoms with Crippen LogP contribution in [0.3, 0.4) is 0 Å². The van der Waals surface area contributed by atoms with Gasteiger partial charge in [0.25, 0.3) is 0 Å². The number of ether oxygens (including phenoxy) is 1. The molecule has 0 aliphatic heterocycles. The van der Waals surface area contributed by atoms with E-state index < -0.39 is 10.0 Å². The van der Waals surface area contributed by atoms with Gasteiger partial charge in [-0.2, -0.15) is 4.31 Å². The maximum atomic E-state index is 13.4. The molecule has 3 rings (SSSR count). The Hall–Kier alpha value is -2.87. The number of sulfonamides is 1. The molecule has 0 aliphatic rings. The number of hydrogen-bond donors (Lipinski definition) is 0. The van der Waals surface area contributed by atoms with Crippen LogP contribution in [-0.2, 0) is 21.2 Å². The van der Waals surface area contributed by atoms with Crippen molar-refractivity contribution in [2.45, 2.75) is 11.3 Å². The van der Waals surface area contributed by atoms with Gasteiger partial charge in [-0.05, 0) is 48.4 Å². The molecule has 0 atom stereocenters. The van der Waals surface area contributed by atoms with Crippen molar-refractivity contribution in [3.8, 4) is 5.75 Å². The minimum Gasteiger partial charge on any atom is -0.497 e. The zero-order valence-corrected chi connectivity index (χ0v) is 19.5. The molecule has 0 aliphatic carbocycles. The highest BCUT2D eigenvalue weighted by Crippen LogP contribution is 2.22. The molecule has 0 radical (unpaired) electrons. The van der Waals surface area contributed by atoms with E-state index in [0.29, 0.717) is 22.9 Å². The number of benzene rings is 3. The first-order valence-electron chi connectivity index (χ1n) is 10.0. The van der Waals surface area contributed by atoms with Gasteiger partial charge < -0.3 is 9.64 Å². The third-order valence-corrected chi connectivity index (χ3v) is 7.18. The van der Waals surface area contributed by atoms with Gasteiger partial charge in [0.05, 0.1) is 18.6 Å². The van der Waals surface area contributed by atoms with Crippen molar-refractivity contribution in [2.75, 3.05) is 32.1 Å². The van der Waals surface area contributed by atoms with Gasteiger partial charge >= 0.3 is 0 Å².